The van der Waals surface area contributed by atoms with Crippen LogP contribution in [-0.4, -0.2) is 16.9 Å². The van der Waals surface area contributed by atoms with Crippen LogP contribution in [0.2, 0.25) is 0 Å². The third-order valence-electron chi connectivity index (χ3n) is 5.62. The molecular formula is C18H24F6O. The summed E-state index contributed by atoms with van der Waals surface area (Å²) in [5.41, 5.74) is -3.51. The van der Waals surface area contributed by atoms with Crippen LogP contribution in [0.15, 0.2) is 24.1 Å². The Kier molecular flexibility index (Phi) is 6.62. The lowest BCUT2D eigenvalue weighted by Crippen LogP contribution is -2.45. The Morgan fingerprint density at radius 1 is 0.960 bits per heavy atom. The molecule has 0 spiro atoms. The molecule has 4 unspecified atom stereocenters. The fourth-order valence-corrected chi connectivity index (χ4v) is 4.15. The number of rotatable bonds is 5. The van der Waals surface area contributed by atoms with E-state index < -0.39 is 36.5 Å². The van der Waals surface area contributed by atoms with Gasteiger partial charge >= 0.3 is 12.3 Å². The third kappa shape index (κ3) is 5.25. The largest absolute Gasteiger partial charge is 0.417 e. The molecule has 1 nitrogen and oxygen atoms in total. The second-order valence-electron chi connectivity index (χ2n) is 7.38. The smallest absolute Gasteiger partial charge is 0.380 e. The Morgan fingerprint density at radius 3 is 2.20 bits per heavy atom. The van der Waals surface area contributed by atoms with Crippen LogP contribution in [0.3, 0.4) is 0 Å². The fourth-order valence-electron chi connectivity index (χ4n) is 4.15. The Bertz CT molecular complexity index is 508. The number of allylic oxidation sites excluding steroid dienone is 1. The van der Waals surface area contributed by atoms with Gasteiger partial charge in [-0.3, -0.25) is 0 Å². The highest BCUT2D eigenvalue weighted by molar-refractivity contribution is 5.06. The zero-order valence-electron chi connectivity index (χ0n) is 14.0. The summed E-state index contributed by atoms with van der Waals surface area (Å²) in [5, 5.41) is 9.70. The Morgan fingerprint density at radius 2 is 1.60 bits per heavy atom. The van der Waals surface area contributed by atoms with E-state index in [0.717, 1.165) is 25.7 Å². The first-order valence-electron chi connectivity index (χ1n) is 8.78. The summed E-state index contributed by atoms with van der Waals surface area (Å²) in [6.45, 7) is 0. The number of halogens is 6. The average molecular weight is 370 g/mol. The molecule has 0 aromatic rings. The summed E-state index contributed by atoms with van der Waals surface area (Å²) in [7, 11) is 0. The van der Waals surface area contributed by atoms with Crippen molar-refractivity contribution in [1.29, 1.82) is 0 Å². The van der Waals surface area contributed by atoms with Gasteiger partial charge in [-0.15, -0.1) is 0 Å². The maximum Gasteiger partial charge on any atom is 0.417 e. The van der Waals surface area contributed by atoms with Gasteiger partial charge in [0.25, 0.3) is 0 Å². The van der Waals surface area contributed by atoms with Gasteiger partial charge in [0, 0.05) is 12.8 Å². The zero-order valence-corrected chi connectivity index (χ0v) is 14.0. The van der Waals surface area contributed by atoms with Crippen LogP contribution in [0.1, 0.15) is 57.8 Å². The number of aliphatic hydroxyl groups is 1. The summed E-state index contributed by atoms with van der Waals surface area (Å²) in [5.74, 6) is -0.789. The summed E-state index contributed by atoms with van der Waals surface area (Å²) < 4.78 is 76.2. The number of hydrogen-bond donors (Lipinski definition) is 1. The minimum atomic E-state index is -5.19. The number of fused-ring (bicyclic) bond motifs is 1. The molecule has 0 saturated heterocycles. The summed E-state index contributed by atoms with van der Waals surface area (Å²) in [6, 6.07) is 0. The first-order chi connectivity index (χ1) is 11.6. The van der Waals surface area contributed by atoms with Gasteiger partial charge in [-0.2, -0.15) is 22.0 Å². The normalized spacial score (nSPS) is 30.0. The maximum atomic E-state index is 13.0. The molecule has 2 rings (SSSR count). The van der Waals surface area contributed by atoms with Gasteiger partial charge in [0.1, 0.15) is 0 Å². The van der Waals surface area contributed by atoms with Crippen LogP contribution < -0.4 is 0 Å². The Balaban J connectivity index is 1.98. The van der Waals surface area contributed by atoms with Crippen molar-refractivity contribution in [1.82, 2.24) is 0 Å². The highest BCUT2D eigenvalue weighted by Crippen LogP contribution is 2.44. The summed E-state index contributed by atoms with van der Waals surface area (Å²) >= 11 is 0. The van der Waals surface area contributed by atoms with Crippen LogP contribution in [0.5, 0.6) is 0 Å². The lowest BCUT2D eigenvalue weighted by molar-refractivity contribution is -0.259. The van der Waals surface area contributed by atoms with E-state index in [1.165, 1.54) is 25.3 Å². The molecule has 0 amide bonds. The molecule has 2 aliphatic rings. The van der Waals surface area contributed by atoms with Gasteiger partial charge in [0.15, 0.2) is 11.4 Å². The average Bonchev–Trinajstić information content (AvgIpc) is 2.53. The van der Waals surface area contributed by atoms with E-state index in [1.54, 1.807) is 6.08 Å². The van der Waals surface area contributed by atoms with E-state index in [9.17, 15) is 31.4 Å². The number of alkyl halides is 3. The van der Waals surface area contributed by atoms with Crippen molar-refractivity contribution in [2.75, 3.05) is 0 Å². The molecule has 0 heterocycles. The van der Waals surface area contributed by atoms with Gasteiger partial charge in [-0.25, -0.2) is 4.39 Å². The summed E-state index contributed by atoms with van der Waals surface area (Å²) in [4.78, 5) is 0. The van der Waals surface area contributed by atoms with Crippen LogP contribution in [-0.2, 0) is 0 Å². The predicted octanol–water partition coefficient (Wildman–Crippen LogP) is 6.30. The Hall–Kier alpha value is -0.980. The van der Waals surface area contributed by atoms with Gasteiger partial charge < -0.3 is 5.11 Å². The molecule has 2 fully saturated rings. The standard InChI is InChI=1S/C18H24F6O/c19-15(16(20)21)11-17(25,18(22,23)24)9-3-4-12-7-8-13-5-1-2-6-14(13)10-12/h3-4,12-14,25H,1-2,5-11H2/b4-3+. The maximum absolute atomic E-state index is 13.0. The molecular weight excluding hydrogens is 346 g/mol. The molecule has 4 atom stereocenters. The summed E-state index contributed by atoms with van der Waals surface area (Å²) in [6.07, 6.45) is -0.269. The highest BCUT2D eigenvalue weighted by Gasteiger charge is 2.53. The lowest BCUT2D eigenvalue weighted by atomic mass is 9.67. The molecule has 2 saturated carbocycles. The molecule has 144 valence electrons. The molecule has 0 radical (unpaired) electrons. The van der Waals surface area contributed by atoms with Gasteiger partial charge in [-0.05, 0) is 37.0 Å². The topological polar surface area (TPSA) is 20.2 Å². The van der Waals surface area contributed by atoms with Crippen LogP contribution in [0.25, 0.3) is 0 Å². The third-order valence-corrected chi connectivity index (χ3v) is 5.62. The minimum absolute atomic E-state index is 0.134. The van der Waals surface area contributed by atoms with E-state index >= 15 is 0 Å². The van der Waals surface area contributed by atoms with E-state index in [4.69, 9.17) is 0 Å². The van der Waals surface area contributed by atoms with E-state index in [-0.39, 0.29) is 5.92 Å². The lowest BCUT2D eigenvalue weighted by Gasteiger charge is -2.38. The second-order valence-corrected chi connectivity index (χ2v) is 7.38. The molecule has 2 aliphatic carbocycles. The first kappa shape index (κ1) is 20.3. The molecule has 25 heavy (non-hydrogen) atoms. The zero-order chi connectivity index (χ0) is 18.7. The van der Waals surface area contributed by atoms with Crippen molar-refractivity contribution in [2.45, 2.75) is 69.6 Å². The number of hydrogen-bond acceptors (Lipinski definition) is 1. The van der Waals surface area contributed by atoms with Gasteiger partial charge in [0.05, 0.1) is 0 Å². The van der Waals surface area contributed by atoms with E-state index in [1.807, 2.05) is 0 Å². The van der Waals surface area contributed by atoms with Crippen molar-refractivity contribution < 1.29 is 31.4 Å². The monoisotopic (exact) mass is 370 g/mol. The molecule has 0 aromatic heterocycles. The van der Waals surface area contributed by atoms with Crippen LogP contribution in [0.4, 0.5) is 26.3 Å². The SMILES string of the molecule is OC(C/C=C/C1CCC2CCCCC2C1)(CC(F)=C(F)F)C(F)(F)F. The van der Waals surface area contributed by atoms with Crippen molar-refractivity contribution in [3.63, 3.8) is 0 Å². The van der Waals surface area contributed by atoms with Crippen molar-refractivity contribution >= 4 is 0 Å². The van der Waals surface area contributed by atoms with Crippen molar-refractivity contribution in [3.05, 3.63) is 24.1 Å². The first-order valence-corrected chi connectivity index (χ1v) is 8.78. The quantitative estimate of drug-likeness (QED) is 0.445. The predicted molar refractivity (Wildman–Crippen MR) is 82.5 cm³/mol. The van der Waals surface area contributed by atoms with Crippen LogP contribution in [0, 0.1) is 17.8 Å². The van der Waals surface area contributed by atoms with E-state index in [0.29, 0.717) is 11.8 Å². The van der Waals surface area contributed by atoms with Gasteiger partial charge in [0.2, 0.25) is 0 Å². The molecule has 0 aromatic carbocycles. The second kappa shape index (κ2) is 8.14. The van der Waals surface area contributed by atoms with Gasteiger partial charge in [-0.1, -0.05) is 37.8 Å². The van der Waals surface area contributed by atoms with E-state index in [2.05, 4.69) is 0 Å². The highest BCUT2D eigenvalue weighted by atomic mass is 19.4. The van der Waals surface area contributed by atoms with Crippen molar-refractivity contribution in [3.8, 4) is 0 Å². The molecule has 0 aliphatic heterocycles. The fraction of sp³-hybridized carbons (Fsp3) is 0.778. The molecule has 7 heteroatoms. The Labute approximate surface area is 143 Å². The van der Waals surface area contributed by atoms with Crippen LogP contribution >= 0.6 is 0 Å². The van der Waals surface area contributed by atoms with Crippen molar-refractivity contribution in [2.24, 2.45) is 17.8 Å². The molecule has 1 N–H and O–H groups in total. The minimum Gasteiger partial charge on any atom is -0.380 e. The molecule has 0 bridgehead atoms.